The summed E-state index contributed by atoms with van der Waals surface area (Å²) in [5, 5.41) is 2.59. The molecule has 0 aliphatic heterocycles. The van der Waals surface area contributed by atoms with Gasteiger partial charge in [-0.3, -0.25) is 0 Å². The number of hydrogen-bond acceptors (Lipinski definition) is 0. The summed E-state index contributed by atoms with van der Waals surface area (Å²) in [6.45, 7) is 5.83. The zero-order chi connectivity index (χ0) is 4.83. The van der Waals surface area contributed by atoms with Crippen LogP contribution in [0.25, 0.3) is 0 Å². The normalized spacial score (nSPS) is 8.17. The van der Waals surface area contributed by atoms with Gasteiger partial charge in [0, 0.05) is 0 Å². The third-order valence-corrected chi connectivity index (χ3v) is 2.29. The predicted octanol–water partition coefficient (Wildman–Crippen LogP) is 1.73. The third kappa shape index (κ3) is 4.26. The molecule has 0 N–H and O–H groups in total. The Morgan fingerprint density at radius 3 is 2.67 bits per heavy atom. The summed E-state index contributed by atoms with van der Waals surface area (Å²) in [7, 11) is 0. The Hall–Kier alpha value is 0.259. The summed E-state index contributed by atoms with van der Waals surface area (Å²) in [6.07, 6.45) is 1.99. The molecule has 36 valence electrons. The Morgan fingerprint density at radius 1 is 1.83 bits per heavy atom. The van der Waals surface area contributed by atoms with Gasteiger partial charge in [0.25, 0.3) is 0 Å². The number of allylic oxidation sites excluding steroid dienone is 1. The predicted molar refractivity (Wildman–Crippen MR) is 31.2 cm³/mol. The van der Waals surface area contributed by atoms with Crippen LogP contribution in [0.3, 0.4) is 0 Å². The summed E-state index contributed by atoms with van der Waals surface area (Å²) in [5.41, 5.74) is 0. The summed E-state index contributed by atoms with van der Waals surface area (Å²) in [6, 6.07) is 0. The molecule has 0 atom stereocenters. The fraction of sp³-hybridized carbons (Fsp3) is 0.600. The molecule has 0 saturated heterocycles. The van der Waals surface area contributed by atoms with Gasteiger partial charge in [-0.15, -0.1) is 0 Å². The second-order valence-electron chi connectivity index (χ2n) is 0.948. The molecule has 0 nitrogen and oxygen atoms in total. The molecule has 0 aliphatic rings. The molecular weight excluding hydrogens is 139 g/mol. The van der Waals surface area contributed by atoms with E-state index >= 15 is 0 Å². The van der Waals surface area contributed by atoms with Crippen molar-refractivity contribution in [2.75, 3.05) is 0 Å². The first kappa shape index (κ1) is 6.26. The van der Waals surface area contributed by atoms with Crippen molar-refractivity contribution in [3.8, 4) is 0 Å². The maximum atomic E-state index is 3.61. The molecule has 0 radical (unpaired) electrons. The van der Waals surface area contributed by atoms with Crippen molar-refractivity contribution in [3.63, 3.8) is 0 Å². The van der Waals surface area contributed by atoms with Gasteiger partial charge in [-0.05, 0) is 0 Å². The van der Waals surface area contributed by atoms with Crippen LogP contribution >= 0.6 is 0 Å². The van der Waals surface area contributed by atoms with Gasteiger partial charge >= 0.3 is 45.2 Å². The van der Waals surface area contributed by atoms with E-state index in [-0.39, 0.29) is 0 Å². The van der Waals surface area contributed by atoms with Crippen LogP contribution in [0.2, 0.25) is 10.6 Å². The molecule has 0 heterocycles. The van der Waals surface area contributed by atoms with Crippen molar-refractivity contribution in [3.05, 3.63) is 12.7 Å². The molecule has 0 amide bonds. The van der Waals surface area contributed by atoms with Crippen LogP contribution in [0.4, 0.5) is 0 Å². The molecule has 0 fully saturated rings. The molecule has 0 aliphatic carbocycles. The van der Waals surface area contributed by atoms with E-state index in [4.69, 9.17) is 0 Å². The van der Waals surface area contributed by atoms with E-state index in [2.05, 4.69) is 13.5 Å². The van der Waals surface area contributed by atoms with E-state index in [9.17, 15) is 0 Å². The van der Waals surface area contributed by atoms with Gasteiger partial charge in [-0.1, -0.05) is 0 Å². The summed E-state index contributed by atoms with van der Waals surface area (Å²) >= 11 is 0.849. The average Bonchev–Trinajstić information content (AvgIpc) is 1.61. The minimum atomic E-state index is 0.849. The first-order valence-corrected chi connectivity index (χ1v) is 4.52. The van der Waals surface area contributed by atoms with Crippen LogP contribution in [0.5, 0.6) is 0 Å². The zero-order valence-electron chi connectivity index (χ0n) is 4.11. The van der Waals surface area contributed by atoms with Crippen molar-refractivity contribution in [1.82, 2.24) is 0 Å². The van der Waals surface area contributed by atoms with E-state index in [1.54, 1.807) is 0 Å². The SMILES string of the molecule is C=CC[Se]CC. The fourth-order valence-electron chi connectivity index (χ4n) is 0.201. The molecule has 0 saturated carbocycles. The van der Waals surface area contributed by atoms with Gasteiger partial charge in [0.2, 0.25) is 0 Å². The molecule has 6 heavy (non-hydrogen) atoms. The Bertz CT molecular complexity index is 32.9. The van der Waals surface area contributed by atoms with E-state index in [0.29, 0.717) is 0 Å². The molecule has 0 aromatic rings. The number of rotatable bonds is 3. The summed E-state index contributed by atoms with van der Waals surface area (Å²) in [4.78, 5) is 0. The van der Waals surface area contributed by atoms with Crippen LogP contribution < -0.4 is 0 Å². The van der Waals surface area contributed by atoms with E-state index in [1.165, 1.54) is 10.6 Å². The van der Waals surface area contributed by atoms with Crippen LogP contribution in [-0.2, 0) is 0 Å². The van der Waals surface area contributed by atoms with Crippen molar-refractivity contribution in [2.45, 2.75) is 17.6 Å². The molecule has 0 unspecified atom stereocenters. The van der Waals surface area contributed by atoms with Gasteiger partial charge in [0.1, 0.15) is 0 Å². The zero-order valence-corrected chi connectivity index (χ0v) is 5.82. The fourth-order valence-corrected chi connectivity index (χ4v) is 1.05. The minimum absolute atomic E-state index is 0.849. The van der Waals surface area contributed by atoms with Gasteiger partial charge in [0.15, 0.2) is 0 Å². The monoisotopic (exact) mass is 150 g/mol. The summed E-state index contributed by atoms with van der Waals surface area (Å²) < 4.78 is 0. The molecule has 1 heteroatoms. The average molecular weight is 149 g/mol. The Kier molecular flexibility index (Phi) is 5.49. The third-order valence-electron chi connectivity index (χ3n) is 0.440. The Labute approximate surface area is 45.8 Å². The van der Waals surface area contributed by atoms with Crippen LogP contribution in [0, 0.1) is 0 Å². The van der Waals surface area contributed by atoms with Gasteiger partial charge in [-0.2, -0.15) is 0 Å². The molecule has 0 aromatic carbocycles. The van der Waals surface area contributed by atoms with E-state index in [1.807, 2.05) is 6.08 Å². The molecule has 0 spiro atoms. The van der Waals surface area contributed by atoms with Crippen LogP contribution in [-0.4, -0.2) is 15.0 Å². The Morgan fingerprint density at radius 2 is 2.50 bits per heavy atom. The topological polar surface area (TPSA) is 0 Å². The first-order valence-electron chi connectivity index (χ1n) is 2.10. The van der Waals surface area contributed by atoms with Crippen molar-refractivity contribution in [1.29, 1.82) is 0 Å². The first-order chi connectivity index (χ1) is 2.91. The molecule has 0 bridgehead atoms. The van der Waals surface area contributed by atoms with Crippen molar-refractivity contribution < 1.29 is 0 Å². The second-order valence-corrected chi connectivity index (χ2v) is 3.72. The second kappa shape index (κ2) is 5.26. The molecule has 0 aromatic heterocycles. The summed E-state index contributed by atoms with van der Waals surface area (Å²) in [5.74, 6) is 0. The van der Waals surface area contributed by atoms with Crippen molar-refractivity contribution in [2.24, 2.45) is 0 Å². The maximum absolute atomic E-state index is 3.61. The van der Waals surface area contributed by atoms with Gasteiger partial charge < -0.3 is 0 Å². The van der Waals surface area contributed by atoms with Gasteiger partial charge in [-0.25, -0.2) is 0 Å². The van der Waals surface area contributed by atoms with Crippen molar-refractivity contribution >= 4 is 15.0 Å². The molecular formula is C5H10Se. The van der Waals surface area contributed by atoms with Gasteiger partial charge in [0.05, 0.1) is 0 Å². The van der Waals surface area contributed by atoms with E-state index in [0.717, 1.165) is 15.0 Å². The quantitative estimate of drug-likeness (QED) is 0.325. The Balaban J connectivity index is 2.49. The van der Waals surface area contributed by atoms with E-state index < -0.39 is 0 Å². The standard InChI is InChI=1S/C5H10Se/c1-3-5-6-4-2/h3H,1,4-5H2,2H3. The van der Waals surface area contributed by atoms with Crippen LogP contribution in [0.15, 0.2) is 12.7 Å². The van der Waals surface area contributed by atoms with Crippen LogP contribution in [0.1, 0.15) is 6.92 Å². The number of hydrogen-bond donors (Lipinski definition) is 0. The molecule has 0 rings (SSSR count).